The van der Waals surface area contributed by atoms with Crippen molar-refractivity contribution in [1.82, 2.24) is 10.2 Å². The number of nitrogens with zero attached hydrogens (tertiary/aromatic N) is 1. The highest BCUT2D eigenvalue weighted by molar-refractivity contribution is 7.99. The zero-order chi connectivity index (χ0) is 25.0. The average Bonchev–Trinajstić information content (AvgIpc) is 2.86. The lowest BCUT2D eigenvalue weighted by atomic mass is 10.0. The molecule has 0 fully saturated rings. The van der Waals surface area contributed by atoms with Gasteiger partial charge in [-0.3, -0.25) is 9.59 Å². The molecule has 0 aliphatic carbocycles. The van der Waals surface area contributed by atoms with Gasteiger partial charge in [0, 0.05) is 25.3 Å². The number of halogens is 1. The van der Waals surface area contributed by atoms with E-state index < -0.39 is 6.04 Å². The molecule has 0 aromatic heterocycles. The van der Waals surface area contributed by atoms with Crippen molar-refractivity contribution in [1.29, 1.82) is 0 Å². The molecule has 1 N–H and O–H groups in total. The lowest BCUT2D eigenvalue weighted by molar-refractivity contribution is -0.139. The highest BCUT2D eigenvalue weighted by Gasteiger charge is 2.30. The molecule has 35 heavy (non-hydrogen) atoms. The molecule has 0 radical (unpaired) electrons. The highest BCUT2D eigenvalue weighted by atomic mass is 32.2. The monoisotopic (exact) mass is 492 g/mol. The van der Waals surface area contributed by atoms with Crippen molar-refractivity contribution >= 4 is 23.6 Å². The van der Waals surface area contributed by atoms with Crippen LogP contribution in [0.1, 0.15) is 35.6 Å². The van der Waals surface area contributed by atoms with Crippen LogP contribution in [0.4, 0.5) is 4.39 Å². The SMILES string of the molecule is CCCNC(=O)C(Cc1ccccc1)N(Cc1cccc(C)c1)C(=O)CSCc1ccc(F)cc1. The van der Waals surface area contributed by atoms with E-state index in [1.54, 1.807) is 17.0 Å². The molecule has 0 bridgehead atoms. The zero-order valence-corrected chi connectivity index (χ0v) is 21.2. The Morgan fingerprint density at radius 3 is 2.34 bits per heavy atom. The second-order valence-electron chi connectivity index (χ2n) is 8.63. The summed E-state index contributed by atoms with van der Waals surface area (Å²) >= 11 is 1.47. The molecule has 184 valence electrons. The second kappa shape index (κ2) is 13.7. The lowest BCUT2D eigenvalue weighted by Crippen LogP contribution is -2.51. The Hall–Kier alpha value is -3.12. The van der Waals surface area contributed by atoms with Gasteiger partial charge in [0.1, 0.15) is 11.9 Å². The summed E-state index contributed by atoms with van der Waals surface area (Å²) in [6, 6.07) is 23.5. The normalized spacial score (nSPS) is 11.6. The van der Waals surface area contributed by atoms with Crippen LogP contribution in [0.25, 0.3) is 0 Å². The van der Waals surface area contributed by atoms with Gasteiger partial charge in [0.15, 0.2) is 0 Å². The Morgan fingerprint density at radius 2 is 1.66 bits per heavy atom. The Kier molecular flexibility index (Phi) is 10.4. The van der Waals surface area contributed by atoms with Crippen molar-refractivity contribution < 1.29 is 14.0 Å². The van der Waals surface area contributed by atoms with Crippen LogP contribution < -0.4 is 5.32 Å². The topological polar surface area (TPSA) is 49.4 Å². The number of benzene rings is 3. The predicted octanol–water partition coefficient (Wildman–Crippen LogP) is 5.53. The van der Waals surface area contributed by atoms with Gasteiger partial charge in [-0.05, 0) is 42.2 Å². The first-order chi connectivity index (χ1) is 17.0. The number of thioether (sulfide) groups is 1. The Bertz CT molecular complexity index is 1090. The lowest BCUT2D eigenvalue weighted by Gasteiger charge is -2.31. The quantitative estimate of drug-likeness (QED) is 0.362. The molecule has 0 saturated carbocycles. The molecule has 1 unspecified atom stereocenters. The molecule has 0 heterocycles. The van der Waals surface area contributed by atoms with E-state index in [1.165, 1.54) is 23.9 Å². The van der Waals surface area contributed by atoms with Crippen LogP contribution in [0.15, 0.2) is 78.9 Å². The summed E-state index contributed by atoms with van der Waals surface area (Å²) in [5.41, 5.74) is 4.06. The van der Waals surface area contributed by atoms with Gasteiger partial charge in [-0.25, -0.2) is 4.39 Å². The number of amides is 2. The van der Waals surface area contributed by atoms with Crippen molar-refractivity contribution in [2.24, 2.45) is 0 Å². The van der Waals surface area contributed by atoms with Gasteiger partial charge in [-0.1, -0.05) is 79.2 Å². The number of aryl methyl sites for hydroxylation is 1. The van der Waals surface area contributed by atoms with E-state index in [1.807, 2.05) is 62.4 Å². The zero-order valence-electron chi connectivity index (χ0n) is 20.4. The van der Waals surface area contributed by atoms with Crippen LogP contribution >= 0.6 is 11.8 Å². The van der Waals surface area contributed by atoms with Gasteiger partial charge in [0.05, 0.1) is 5.75 Å². The number of carbonyl (C=O) groups excluding carboxylic acids is 2. The van der Waals surface area contributed by atoms with Crippen molar-refractivity contribution in [2.75, 3.05) is 12.3 Å². The number of hydrogen-bond donors (Lipinski definition) is 1. The third-order valence-corrected chi connectivity index (χ3v) is 6.65. The van der Waals surface area contributed by atoms with Crippen LogP contribution in [0.2, 0.25) is 0 Å². The van der Waals surface area contributed by atoms with Crippen LogP contribution in [-0.4, -0.2) is 35.1 Å². The molecular formula is C29H33FN2O2S. The van der Waals surface area contributed by atoms with Crippen LogP contribution in [0.5, 0.6) is 0 Å². The third kappa shape index (κ3) is 8.55. The molecule has 2 amide bonds. The van der Waals surface area contributed by atoms with Gasteiger partial charge in [-0.15, -0.1) is 11.8 Å². The van der Waals surface area contributed by atoms with E-state index in [-0.39, 0.29) is 23.4 Å². The fraction of sp³-hybridized carbons (Fsp3) is 0.310. The van der Waals surface area contributed by atoms with E-state index >= 15 is 0 Å². The number of nitrogens with one attached hydrogen (secondary N) is 1. The maximum atomic E-state index is 13.6. The number of hydrogen-bond acceptors (Lipinski definition) is 3. The molecule has 6 heteroatoms. The number of carbonyl (C=O) groups is 2. The first-order valence-electron chi connectivity index (χ1n) is 11.9. The second-order valence-corrected chi connectivity index (χ2v) is 9.61. The van der Waals surface area contributed by atoms with Crippen LogP contribution in [-0.2, 0) is 28.3 Å². The maximum Gasteiger partial charge on any atom is 0.243 e. The smallest absolute Gasteiger partial charge is 0.243 e. The molecule has 0 aliphatic heterocycles. The minimum Gasteiger partial charge on any atom is -0.354 e. The molecule has 3 rings (SSSR count). The van der Waals surface area contributed by atoms with Crippen LogP contribution in [0, 0.1) is 12.7 Å². The van der Waals surface area contributed by atoms with E-state index in [0.717, 1.165) is 28.7 Å². The van der Waals surface area contributed by atoms with E-state index in [9.17, 15) is 14.0 Å². The third-order valence-electron chi connectivity index (χ3n) is 5.66. The molecular weight excluding hydrogens is 459 g/mol. The highest BCUT2D eigenvalue weighted by Crippen LogP contribution is 2.19. The van der Waals surface area contributed by atoms with E-state index in [0.29, 0.717) is 25.3 Å². The summed E-state index contributed by atoms with van der Waals surface area (Å²) in [7, 11) is 0. The van der Waals surface area contributed by atoms with E-state index in [4.69, 9.17) is 0 Å². The van der Waals surface area contributed by atoms with Crippen molar-refractivity contribution in [3.05, 3.63) is 107 Å². The first kappa shape index (κ1) is 26.5. The molecule has 0 saturated heterocycles. The van der Waals surface area contributed by atoms with Crippen molar-refractivity contribution in [3.63, 3.8) is 0 Å². The Labute approximate surface area is 211 Å². The summed E-state index contributed by atoms with van der Waals surface area (Å²) < 4.78 is 13.2. The molecule has 0 spiro atoms. The van der Waals surface area contributed by atoms with Gasteiger partial charge in [-0.2, -0.15) is 0 Å². The fourth-order valence-corrected chi connectivity index (χ4v) is 4.72. The predicted molar refractivity (Wildman–Crippen MR) is 142 cm³/mol. The van der Waals surface area contributed by atoms with Gasteiger partial charge in [0.2, 0.25) is 11.8 Å². The average molecular weight is 493 g/mol. The summed E-state index contributed by atoms with van der Waals surface area (Å²) in [5, 5.41) is 3.00. The number of rotatable bonds is 12. The van der Waals surface area contributed by atoms with Gasteiger partial charge < -0.3 is 10.2 Å². The summed E-state index contributed by atoms with van der Waals surface area (Å²) in [4.78, 5) is 28.6. The maximum absolute atomic E-state index is 13.6. The molecule has 1 atom stereocenters. The first-order valence-corrected chi connectivity index (χ1v) is 13.1. The summed E-state index contributed by atoms with van der Waals surface area (Å²) in [6.07, 6.45) is 1.26. The largest absolute Gasteiger partial charge is 0.354 e. The minimum atomic E-state index is -0.622. The molecule has 3 aromatic rings. The van der Waals surface area contributed by atoms with Crippen molar-refractivity contribution in [2.45, 2.75) is 45.0 Å². The molecule has 3 aromatic carbocycles. The van der Waals surface area contributed by atoms with Crippen molar-refractivity contribution in [3.8, 4) is 0 Å². The van der Waals surface area contributed by atoms with Crippen LogP contribution in [0.3, 0.4) is 0 Å². The Morgan fingerprint density at radius 1 is 0.943 bits per heavy atom. The standard InChI is InChI=1S/C29H33FN2O2S/c1-3-16-31-29(34)27(18-23-9-5-4-6-10-23)32(19-25-11-7-8-22(2)17-25)28(33)21-35-20-24-12-14-26(30)15-13-24/h4-15,17,27H,3,16,18-21H2,1-2H3,(H,31,34). The Balaban J connectivity index is 1.82. The summed E-state index contributed by atoms with van der Waals surface area (Å²) in [5.74, 6) is 0.318. The van der Waals surface area contributed by atoms with E-state index in [2.05, 4.69) is 11.4 Å². The fourth-order valence-electron chi connectivity index (χ4n) is 3.85. The minimum absolute atomic E-state index is 0.0915. The van der Waals surface area contributed by atoms with Gasteiger partial charge >= 0.3 is 0 Å². The van der Waals surface area contributed by atoms with Gasteiger partial charge in [0.25, 0.3) is 0 Å². The molecule has 0 aliphatic rings. The summed E-state index contributed by atoms with van der Waals surface area (Å²) in [6.45, 7) is 4.95. The molecule has 4 nitrogen and oxygen atoms in total.